The highest BCUT2D eigenvalue weighted by atomic mass is 32.2. The lowest BCUT2D eigenvalue weighted by Gasteiger charge is -2.44. The van der Waals surface area contributed by atoms with Crippen LogP contribution in [0.4, 0.5) is 5.69 Å². The summed E-state index contributed by atoms with van der Waals surface area (Å²) in [7, 11) is -1.50. The first kappa shape index (κ1) is 15.3. The fraction of sp³-hybridized carbons (Fsp3) is 0.571. The van der Waals surface area contributed by atoms with Gasteiger partial charge in [-0.3, -0.25) is 4.90 Å². The van der Waals surface area contributed by atoms with Crippen molar-refractivity contribution >= 4 is 15.7 Å². The Hall–Kier alpha value is -1.11. The van der Waals surface area contributed by atoms with Gasteiger partial charge in [0, 0.05) is 25.2 Å². The topological polar surface area (TPSA) is 66.6 Å². The van der Waals surface area contributed by atoms with E-state index in [2.05, 4.69) is 4.90 Å². The summed E-state index contributed by atoms with van der Waals surface area (Å²) >= 11 is 0. The number of aryl methyl sites for hydroxylation is 1. The SMILES string of the molecule is Cc1ccc(S(=O)(=O)N2CCN(C)C(C)(C)C2)c(N)c1. The van der Waals surface area contributed by atoms with E-state index in [-0.39, 0.29) is 10.4 Å². The molecule has 112 valence electrons. The van der Waals surface area contributed by atoms with Crippen molar-refractivity contribution in [3.05, 3.63) is 23.8 Å². The summed E-state index contributed by atoms with van der Waals surface area (Å²) in [6.07, 6.45) is 0. The third-order valence-corrected chi connectivity index (χ3v) is 5.98. The van der Waals surface area contributed by atoms with Gasteiger partial charge in [0.1, 0.15) is 4.90 Å². The molecule has 1 aliphatic rings. The van der Waals surface area contributed by atoms with Crippen molar-refractivity contribution in [3.8, 4) is 0 Å². The summed E-state index contributed by atoms with van der Waals surface area (Å²) in [5, 5.41) is 0. The van der Waals surface area contributed by atoms with E-state index in [4.69, 9.17) is 5.73 Å². The molecule has 1 aromatic carbocycles. The molecule has 1 aromatic rings. The highest BCUT2D eigenvalue weighted by molar-refractivity contribution is 7.89. The molecule has 6 heteroatoms. The normalized spacial score (nSPS) is 21.0. The van der Waals surface area contributed by atoms with Crippen molar-refractivity contribution < 1.29 is 8.42 Å². The molecule has 0 amide bonds. The number of piperazine rings is 1. The number of rotatable bonds is 2. The van der Waals surface area contributed by atoms with E-state index in [9.17, 15) is 8.42 Å². The first-order valence-electron chi connectivity index (χ1n) is 6.72. The summed E-state index contributed by atoms with van der Waals surface area (Å²) in [4.78, 5) is 2.39. The summed E-state index contributed by atoms with van der Waals surface area (Å²) in [5.74, 6) is 0. The lowest BCUT2D eigenvalue weighted by molar-refractivity contribution is 0.0802. The van der Waals surface area contributed by atoms with Gasteiger partial charge in [0.15, 0.2) is 0 Å². The number of likely N-dealkylation sites (N-methyl/N-ethyl adjacent to an activating group) is 1. The standard InChI is InChI=1S/C14H23N3O2S/c1-11-5-6-13(12(15)9-11)20(18,19)17-8-7-16(4)14(2,3)10-17/h5-6,9H,7-8,10,15H2,1-4H3. The first-order chi connectivity index (χ1) is 9.14. The van der Waals surface area contributed by atoms with Gasteiger partial charge in [-0.15, -0.1) is 0 Å². The highest BCUT2D eigenvalue weighted by Gasteiger charge is 2.37. The highest BCUT2D eigenvalue weighted by Crippen LogP contribution is 2.28. The minimum atomic E-state index is -3.52. The minimum Gasteiger partial charge on any atom is -0.398 e. The third-order valence-electron chi connectivity index (χ3n) is 4.06. The summed E-state index contributed by atoms with van der Waals surface area (Å²) in [6.45, 7) is 7.68. The molecular weight excluding hydrogens is 274 g/mol. The number of nitrogen functional groups attached to an aromatic ring is 1. The van der Waals surface area contributed by atoms with Crippen LogP contribution in [-0.2, 0) is 10.0 Å². The molecule has 2 rings (SSSR count). The van der Waals surface area contributed by atoms with Gasteiger partial charge in [0.2, 0.25) is 10.0 Å². The zero-order valence-corrected chi connectivity index (χ0v) is 13.4. The Balaban J connectivity index is 2.36. The second kappa shape index (κ2) is 5.02. The zero-order chi connectivity index (χ0) is 15.1. The number of hydrogen-bond donors (Lipinski definition) is 1. The molecule has 0 saturated carbocycles. The van der Waals surface area contributed by atoms with Gasteiger partial charge in [0.25, 0.3) is 0 Å². The molecule has 0 spiro atoms. The quantitative estimate of drug-likeness (QED) is 0.835. The maximum absolute atomic E-state index is 12.7. The van der Waals surface area contributed by atoms with Gasteiger partial charge in [-0.25, -0.2) is 8.42 Å². The van der Waals surface area contributed by atoms with Crippen molar-refractivity contribution in [2.45, 2.75) is 31.2 Å². The molecule has 5 nitrogen and oxygen atoms in total. The number of nitrogens with two attached hydrogens (primary N) is 1. The van der Waals surface area contributed by atoms with Gasteiger partial charge in [-0.1, -0.05) is 6.07 Å². The van der Waals surface area contributed by atoms with Crippen LogP contribution >= 0.6 is 0 Å². The number of anilines is 1. The summed E-state index contributed by atoms with van der Waals surface area (Å²) in [6, 6.07) is 5.09. The zero-order valence-electron chi connectivity index (χ0n) is 12.5. The molecule has 1 aliphatic heterocycles. The van der Waals surface area contributed by atoms with E-state index in [1.165, 1.54) is 4.31 Å². The van der Waals surface area contributed by atoms with Gasteiger partial charge >= 0.3 is 0 Å². The van der Waals surface area contributed by atoms with E-state index >= 15 is 0 Å². The predicted octanol–water partition coefficient (Wildman–Crippen LogP) is 1.29. The summed E-state index contributed by atoms with van der Waals surface area (Å²) in [5.41, 5.74) is 7.00. The largest absolute Gasteiger partial charge is 0.398 e. The second-order valence-corrected chi connectivity index (χ2v) is 8.02. The van der Waals surface area contributed by atoms with Crippen LogP contribution in [0, 0.1) is 6.92 Å². The number of sulfonamides is 1. The Morgan fingerprint density at radius 2 is 1.90 bits per heavy atom. The van der Waals surface area contributed by atoms with Gasteiger partial charge < -0.3 is 5.73 Å². The molecule has 1 fully saturated rings. The van der Waals surface area contributed by atoms with Crippen LogP contribution in [-0.4, -0.2) is 49.8 Å². The molecule has 1 saturated heterocycles. The smallest absolute Gasteiger partial charge is 0.245 e. The Bertz CT molecular complexity index is 611. The van der Waals surface area contributed by atoms with Crippen molar-refractivity contribution in [1.82, 2.24) is 9.21 Å². The van der Waals surface area contributed by atoms with Crippen molar-refractivity contribution in [2.24, 2.45) is 0 Å². The molecule has 2 N–H and O–H groups in total. The van der Waals surface area contributed by atoms with Gasteiger partial charge in [0.05, 0.1) is 5.69 Å². The predicted molar refractivity (Wildman–Crippen MR) is 81.1 cm³/mol. The molecule has 0 aliphatic carbocycles. The molecule has 0 unspecified atom stereocenters. The monoisotopic (exact) mass is 297 g/mol. The number of benzene rings is 1. The fourth-order valence-electron chi connectivity index (χ4n) is 2.44. The second-order valence-electron chi connectivity index (χ2n) is 6.11. The average molecular weight is 297 g/mol. The van der Waals surface area contributed by atoms with E-state index in [0.717, 1.165) is 12.1 Å². The molecule has 20 heavy (non-hydrogen) atoms. The van der Waals surface area contributed by atoms with Crippen LogP contribution in [0.15, 0.2) is 23.1 Å². The summed E-state index contributed by atoms with van der Waals surface area (Å²) < 4.78 is 27.0. The van der Waals surface area contributed by atoms with E-state index < -0.39 is 10.0 Å². The Labute approximate surface area is 121 Å². The van der Waals surface area contributed by atoms with Crippen LogP contribution in [0.3, 0.4) is 0 Å². The van der Waals surface area contributed by atoms with Crippen molar-refractivity contribution in [3.63, 3.8) is 0 Å². The molecular formula is C14H23N3O2S. The minimum absolute atomic E-state index is 0.176. The van der Waals surface area contributed by atoms with Gasteiger partial charge in [-0.2, -0.15) is 4.31 Å². The molecule has 0 bridgehead atoms. The number of nitrogens with zero attached hydrogens (tertiary/aromatic N) is 2. The Morgan fingerprint density at radius 3 is 2.45 bits per heavy atom. The van der Waals surface area contributed by atoms with E-state index in [1.807, 2.05) is 27.8 Å². The molecule has 1 heterocycles. The maximum Gasteiger partial charge on any atom is 0.245 e. The molecule has 0 radical (unpaired) electrons. The van der Waals surface area contributed by atoms with Crippen LogP contribution in [0.1, 0.15) is 19.4 Å². The maximum atomic E-state index is 12.7. The third kappa shape index (κ3) is 2.68. The Morgan fingerprint density at radius 1 is 1.25 bits per heavy atom. The van der Waals surface area contributed by atoms with Crippen molar-refractivity contribution in [2.75, 3.05) is 32.4 Å². The Kier molecular flexibility index (Phi) is 3.83. The molecule has 0 atom stereocenters. The van der Waals surface area contributed by atoms with Gasteiger partial charge in [-0.05, 0) is 45.5 Å². The van der Waals surface area contributed by atoms with Crippen LogP contribution < -0.4 is 5.73 Å². The van der Waals surface area contributed by atoms with Crippen LogP contribution in [0.25, 0.3) is 0 Å². The van der Waals surface area contributed by atoms with E-state index in [1.54, 1.807) is 18.2 Å². The first-order valence-corrected chi connectivity index (χ1v) is 8.16. The fourth-order valence-corrected chi connectivity index (χ4v) is 4.13. The number of hydrogen-bond acceptors (Lipinski definition) is 4. The lowest BCUT2D eigenvalue weighted by atomic mass is 10.0. The van der Waals surface area contributed by atoms with E-state index in [0.29, 0.717) is 18.8 Å². The van der Waals surface area contributed by atoms with Crippen LogP contribution in [0.5, 0.6) is 0 Å². The van der Waals surface area contributed by atoms with Crippen LogP contribution in [0.2, 0.25) is 0 Å². The lowest BCUT2D eigenvalue weighted by Crippen LogP contribution is -2.58. The molecule has 0 aromatic heterocycles. The van der Waals surface area contributed by atoms with Crippen molar-refractivity contribution in [1.29, 1.82) is 0 Å². The average Bonchev–Trinajstić information content (AvgIpc) is 2.31.